The first-order chi connectivity index (χ1) is 14.6. The van der Waals surface area contributed by atoms with Crippen LogP contribution in [-0.4, -0.2) is 51.3 Å². The molecule has 1 N–H and O–H groups in total. The normalized spacial score (nSPS) is 19.4. The van der Waals surface area contributed by atoms with Crippen LogP contribution in [0.4, 0.5) is 4.79 Å². The first-order valence-electron chi connectivity index (χ1n) is 10.2. The molecule has 2 aliphatic heterocycles. The van der Waals surface area contributed by atoms with E-state index in [1.165, 1.54) is 0 Å². The summed E-state index contributed by atoms with van der Waals surface area (Å²) in [7, 11) is 0. The largest absolute Gasteiger partial charge is 0.375 e. The Hall–Kier alpha value is -3.48. The van der Waals surface area contributed by atoms with Gasteiger partial charge in [0.1, 0.15) is 0 Å². The Kier molecular flexibility index (Phi) is 5.88. The highest BCUT2D eigenvalue weighted by molar-refractivity contribution is 5.89. The Morgan fingerprint density at radius 2 is 2.13 bits per heavy atom. The lowest BCUT2D eigenvalue weighted by atomic mass is 10.1. The molecule has 0 aromatic carbocycles. The smallest absolute Gasteiger partial charge is 0.323 e. The van der Waals surface area contributed by atoms with Gasteiger partial charge in [0.05, 0.1) is 29.8 Å². The van der Waals surface area contributed by atoms with Crippen LogP contribution in [0.1, 0.15) is 36.3 Å². The lowest BCUT2D eigenvalue weighted by molar-refractivity contribution is 0.207. The SMILES string of the molecule is Cc1cc(C2=CC=CN3CC[C@@H](C3)N(C(=O)N[C@H](C)c3ccccn3)C=N2)ccn1. The average Bonchev–Trinajstić information content (AvgIpc) is 3.20. The Balaban J connectivity index is 1.60. The first kappa shape index (κ1) is 19.8. The lowest BCUT2D eigenvalue weighted by Gasteiger charge is -2.27. The highest BCUT2D eigenvalue weighted by atomic mass is 16.2. The first-order valence-corrected chi connectivity index (χ1v) is 10.2. The predicted molar refractivity (Wildman–Crippen MR) is 118 cm³/mol. The number of amides is 2. The molecule has 2 aromatic rings. The molecule has 2 aromatic heterocycles. The third kappa shape index (κ3) is 4.56. The van der Waals surface area contributed by atoms with Gasteiger partial charge in [0, 0.05) is 36.7 Å². The number of urea groups is 1. The van der Waals surface area contributed by atoms with Gasteiger partial charge in [-0.3, -0.25) is 14.9 Å². The fourth-order valence-corrected chi connectivity index (χ4v) is 3.71. The maximum absolute atomic E-state index is 13.2. The Morgan fingerprint density at radius 1 is 1.23 bits per heavy atom. The molecule has 1 saturated heterocycles. The number of rotatable bonds is 3. The molecule has 0 saturated carbocycles. The summed E-state index contributed by atoms with van der Waals surface area (Å²) in [6.07, 6.45) is 12.1. The van der Waals surface area contributed by atoms with E-state index < -0.39 is 0 Å². The van der Waals surface area contributed by atoms with Gasteiger partial charge in [0.15, 0.2) is 0 Å². The van der Waals surface area contributed by atoms with Crippen molar-refractivity contribution in [3.63, 3.8) is 0 Å². The summed E-state index contributed by atoms with van der Waals surface area (Å²) in [4.78, 5) is 30.4. The zero-order valence-corrected chi connectivity index (χ0v) is 17.3. The van der Waals surface area contributed by atoms with Crippen molar-refractivity contribution in [2.24, 2.45) is 4.99 Å². The molecule has 2 amide bonds. The minimum atomic E-state index is -0.197. The van der Waals surface area contributed by atoms with Gasteiger partial charge < -0.3 is 10.2 Å². The van der Waals surface area contributed by atoms with Crippen LogP contribution in [0.5, 0.6) is 0 Å². The molecule has 154 valence electrons. The van der Waals surface area contributed by atoms with Gasteiger partial charge in [0.2, 0.25) is 0 Å². The molecule has 4 heterocycles. The number of allylic oxidation sites excluding steroid dienone is 2. The highest BCUT2D eigenvalue weighted by Crippen LogP contribution is 2.21. The number of aliphatic imine (C=N–C) groups is 1. The van der Waals surface area contributed by atoms with Crippen LogP contribution in [0, 0.1) is 6.92 Å². The van der Waals surface area contributed by atoms with Gasteiger partial charge in [-0.25, -0.2) is 9.79 Å². The molecule has 7 heteroatoms. The van der Waals surface area contributed by atoms with Crippen molar-refractivity contribution in [1.82, 2.24) is 25.1 Å². The molecule has 30 heavy (non-hydrogen) atoms. The van der Waals surface area contributed by atoms with E-state index in [-0.39, 0.29) is 18.1 Å². The van der Waals surface area contributed by atoms with Gasteiger partial charge in [-0.05, 0) is 62.9 Å². The minimum absolute atomic E-state index is 0.0628. The number of carbonyl (C=O) groups is 1. The maximum atomic E-state index is 13.2. The third-order valence-electron chi connectivity index (χ3n) is 5.36. The fraction of sp³-hybridized carbons (Fsp3) is 0.304. The summed E-state index contributed by atoms with van der Waals surface area (Å²) < 4.78 is 0. The van der Waals surface area contributed by atoms with Gasteiger partial charge in [-0.1, -0.05) is 6.07 Å². The molecule has 0 unspecified atom stereocenters. The van der Waals surface area contributed by atoms with E-state index >= 15 is 0 Å². The molecular formula is C23H26N6O. The molecule has 4 rings (SSSR count). The Labute approximate surface area is 176 Å². The van der Waals surface area contributed by atoms with E-state index in [1.54, 1.807) is 23.6 Å². The van der Waals surface area contributed by atoms with Crippen LogP contribution in [-0.2, 0) is 0 Å². The van der Waals surface area contributed by atoms with E-state index in [1.807, 2.05) is 56.3 Å². The maximum Gasteiger partial charge on any atom is 0.323 e. The van der Waals surface area contributed by atoms with Crippen molar-refractivity contribution in [2.45, 2.75) is 32.4 Å². The number of nitrogens with one attached hydrogen (secondary N) is 1. The summed E-state index contributed by atoms with van der Waals surface area (Å²) in [6.45, 7) is 5.58. The van der Waals surface area contributed by atoms with Crippen LogP contribution >= 0.6 is 0 Å². The quantitative estimate of drug-likeness (QED) is 0.852. The van der Waals surface area contributed by atoms with Crippen molar-refractivity contribution in [1.29, 1.82) is 0 Å². The number of nitrogens with zero attached hydrogens (tertiary/aromatic N) is 5. The number of carbonyl (C=O) groups excluding carboxylic acids is 1. The van der Waals surface area contributed by atoms with E-state index in [9.17, 15) is 4.79 Å². The summed E-state index contributed by atoms with van der Waals surface area (Å²) in [5.41, 5.74) is 3.50. The predicted octanol–water partition coefficient (Wildman–Crippen LogP) is 3.53. The van der Waals surface area contributed by atoms with E-state index in [0.29, 0.717) is 0 Å². The zero-order valence-electron chi connectivity index (χ0n) is 17.3. The molecule has 2 atom stereocenters. The molecule has 0 spiro atoms. The van der Waals surface area contributed by atoms with Crippen molar-refractivity contribution in [3.05, 3.63) is 78.0 Å². The number of hydrogen-bond donors (Lipinski definition) is 1. The molecule has 2 bridgehead atoms. The highest BCUT2D eigenvalue weighted by Gasteiger charge is 2.30. The molecular weight excluding hydrogens is 376 g/mol. The second kappa shape index (κ2) is 8.90. The molecule has 0 radical (unpaired) electrons. The standard InChI is InChI=1S/C23H26N6O/c1-17-14-19(8-11-24-17)22-7-5-12-28-13-9-20(15-28)29(16-26-22)23(30)27-18(2)21-6-3-4-10-25-21/h3-8,10-12,14,16,18,20H,9,13,15H2,1-2H3,(H,27,30)/t18-,20+/m1/s1. The summed E-state index contributed by atoms with van der Waals surface area (Å²) in [5, 5.41) is 3.06. The number of aryl methyl sites for hydroxylation is 1. The van der Waals surface area contributed by atoms with Crippen molar-refractivity contribution >= 4 is 18.1 Å². The van der Waals surface area contributed by atoms with E-state index in [4.69, 9.17) is 0 Å². The van der Waals surface area contributed by atoms with Crippen molar-refractivity contribution in [2.75, 3.05) is 13.1 Å². The number of aromatic nitrogens is 2. The number of hydrogen-bond acceptors (Lipinski definition) is 5. The second-order valence-electron chi connectivity index (χ2n) is 7.59. The molecule has 1 fully saturated rings. The van der Waals surface area contributed by atoms with Crippen molar-refractivity contribution < 1.29 is 4.79 Å². The fourth-order valence-electron chi connectivity index (χ4n) is 3.71. The third-order valence-corrected chi connectivity index (χ3v) is 5.36. The lowest BCUT2D eigenvalue weighted by Crippen LogP contribution is -2.47. The zero-order chi connectivity index (χ0) is 20.9. The monoisotopic (exact) mass is 402 g/mol. The Morgan fingerprint density at radius 3 is 2.93 bits per heavy atom. The number of fused-ring (bicyclic) bond motifs is 2. The van der Waals surface area contributed by atoms with Crippen molar-refractivity contribution in [3.8, 4) is 0 Å². The van der Waals surface area contributed by atoms with Gasteiger partial charge >= 0.3 is 6.03 Å². The van der Waals surface area contributed by atoms with Crippen LogP contribution in [0.15, 0.2) is 66.1 Å². The molecule has 7 nitrogen and oxygen atoms in total. The van der Waals surface area contributed by atoms with Crippen LogP contribution < -0.4 is 5.32 Å². The number of pyridine rings is 2. The van der Waals surface area contributed by atoms with E-state index in [0.717, 1.165) is 42.2 Å². The molecule has 0 aliphatic carbocycles. The average molecular weight is 403 g/mol. The topological polar surface area (TPSA) is 73.7 Å². The van der Waals surface area contributed by atoms with Gasteiger partial charge in [-0.2, -0.15) is 0 Å². The summed E-state index contributed by atoms with van der Waals surface area (Å²) in [6, 6.07) is 9.32. The van der Waals surface area contributed by atoms with Crippen LogP contribution in [0.25, 0.3) is 5.70 Å². The summed E-state index contributed by atoms with van der Waals surface area (Å²) >= 11 is 0. The Bertz CT molecular complexity index is 984. The minimum Gasteiger partial charge on any atom is -0.375 e. The van der Waals surface area contributed by atoms with E-state index in [2.05, 4.69) is 31.4 Å². The second-order valence-corrected chi connectivity index (χ2v) is 7.59. The summed E-state index contributed by atoms with van der Waals surface area (Å²) in [5.74, 6) is 0. The van der Waals surface area contributed by atoms with Gasteiger partial charge in [-0.15, -0.1) is 0 Å². The van der Waals surface area contributed by atoms with Gasteiger partial charge in [0.25, 0.3) is 0 Å². The van der Waals surface area contributed by atoms with Crippen LogP contribution in [0.3, 0.4) is 0 Å². The van der Waals surface area contributed by atoms with Crippen LogP contribution in [0.2, 0.25) is 0 Å². The molecule has 2 aliphatic rings.